The summed E-state index contributed by atoms with van der Waals surface area (Å²) < 4.78 is 0. The number of carbonyl (C=O) groups excluding carboxylic acids is 1. The number of nitrogens with two attached hydrogens (primary N) is 1. The van der Waals surface area contributed by atoms with Crippen molar-refractivity contribution in [1.29, 1.82) is 0 Å². The van der Waals surface area contributed by atoms with Gasteiger partial charge in [-0.3, -0.25) is 4.79 Å². The molecule has 1 fully saturated rings. The third kappa shape index (κ3) is 2.06. The van der Waals surface area contributed by atoms with E-state index in [1.165, 1.54) is 0 Å². The molecule has 0 bridgehead atoms. The van der Waals surface area contributed by atoms with Crippen LogP contribution in [0, 0.1) is 12.3 Å². The van der Waals surface area contributed by atoms with Crippen LogP contribution in [0.4, 0.5) is 0 Å². The molecule has 2 N–H and O–H groups in total. The molecular weight excluding hydrogens is 138 g/mol. The summed E-state index contributed by atoms with van der Waals surface area (Å²) in [4.78, 5) is 10.9. The predicted octanol–water partition coefficient (Wildman–Crippen LogP) is 0.850. The van der Waals surface area contributed by atoms with E-state index in [1.54, 1.807) is 0 Å². The van der Waals surface area contributed by atoms with E-state index in [0.29, 0.717) is 6.42 Å². The standard InChI is InChI=1S/C9H13NO/c1-2-8(11)7-9(10)5-3-4-6-9/h1H,3-7,10H2. The molecule has 0 radical (unpaired) electrons. The second kappa shape index (κ2) is 3.06. The molecule has 0 aromatic heterocycles. The second-order valence-electron chi connectivity index (χ2n) is 3.31. The third-order valence-corrected chi connectivity index (χ3v) is 2.27. The van der Waals surface area contributed by atoms with Gasteiger partial charge in [0.25, 0.3) is 0 Å². The highest BCUT2D eigenvalue weighted by atomic mass is 16.1. The SMILES string of the molecule is C#CC(=O)CC1(N)CCCC1. The first kappa shape index (κ1) is 8.29. The van der Waals surface area contributed by atoms with Gasteiger partial charge in [-0.2, -0.15) is 0 Å². The first-order valence-electron chi connectivity index (χ1n) is 3.95. The van der Waals surface area contributed by atoms with Crippen molar-refractivity contribution in [2.75, 3.05) is 0 Å². The highest BCUT2D eigenvalue weighted by Gasteiger charge is 2.30. The van der Waals surface area contributed by atoms with E-state index in [0.717, 1.165) is 25.7 Å². The molecule has 1 rings (SSSR count). The van der Waals surface area contributed by atoms with Gasteiger partial charge in [0.15, 0.2) is 0 Å². The maximum absolute atomic E-state index is 10.9. The Bertz CT molecular complexity index is 196. The van der Waals surface area contributed by atoms with Gasteiger partial charge in [-0.1, -0.05) is 12.8 Å². The first-order valence-corrected chi connectivity index (χ1v) is 3.95. The zero-order chi connectivity index (χ0) is 8.32. The zero-order valence-corrected chi connectivity index (χ0v) is 6.60. The van der Waals surface area contributed by atoms with Crippen LogP contribution in [0.3, 0.4) is 0 Å². The fraction of sp³-hybridized carbons (Fsp3) is 0.667. The summed E-state index contributed by atoms with van der Waals surface area (Å²) in [6.45, 7) is 0. The monoisotopic (exact) mass is 151 g/mol. The van der Waals surface area contributed by atoms with E-state index in [9.17, 15) is 4.79 Å². The molecule has 0 aromatic rings. The van der Waals surface area contributed by atoms with Crippen LogP contribution in [0.5, 0.6) is 0 Å². The minimum absolute atomic E-state index is 0.158. The summed E-state index contributed by atoms with van der Waals surface area (Å²) in [6.07, 6.45) is 9.47. The Hall–Kier alpha value is -0.810. The molecule has 2 heteroatoms. The first-order chi connectivity index (χ1) is 5.16. The average molecular weight is 151 g/mol. The lowest BCUT2D eigenvalue weighted by atomic mass is 9.93. The van der Waals surface area contributed by atoms with Gasteiger partial charge in [-0.05, 0) is 18.8 Å². The Balaban J connectivity index is 2.47. The van der Waals surface area contributed by atoms with E-state index >= 15 is 0 Å². The van der Waals surface area contributed by atoms with E-state index in [-0.39, 0.29) is 11.3 Å². The molecule has 1 aliphatic carbocycles. The van der Waals surface area contributed by atoms with Crippen LogP contribution in [0.1, 0.15) is 32.1 Å². The molecule has 60 valence electrons. The summed E-state index contributed by atoms with van der Waals surface area (Å²) in [5.74, 6) is 1.94. The van der Waals surface area contributed by atoms with Crippen LogP contribution in [-0.4, -0.2) is 11.3 Å². The Kier molecular flexibility index (Phi) is 2.31. The molecule has 0 heterocycles. The Morgan fingerprint density at radius 3 is 2.55 bits per heavy atom. The Morgan fingerprint density at radius 2 is 2.09 bits per heavy atom. The summed E-state index contributed by atoms with van der Waals surface area (Å²) in [7, 11) is 0. The van der Waals surface area contributed by atoms with Crippen molar-refractivity contribution in [1.82, 2.24) is 0 Å². The van der Waals surface area contributed by atoms with E-state index in [1.807, 2.05) is 0 Å². The normalized spacial score (nSPS) is 21.1. The van der Waals surface area contributed by atoms with Crippen LogP contribution in [0.15, 0.2) is 0 Å². The number of ketones is 1. The van der Waals surface area contributed by atoms with Crippen molar-refractivity contribution < 1.29 is 4.79 Å². The molecular formula is C9H13NO. The van der Waals surface area contributed by atoms with Gasteiger partial charge in [0.05, 0.1) is 0 Å². The molecule has 0 spiro atoms. The fourth-order valence-electron chi connectivity index (χ4n) is 1.63. The van der Waals surface area contributed by atoms with Crippen LogP contribution in [0.2, 0.25) is 0 Å². The van der Waals surface area contributed by atoms with Gasteiger partial charge >= 0.3 is 0 Å². The van der Waals surface area contributed by atoms with Gasteiger partial charge in [0.2, 0.25) is 5.78 Å². The zero-order valence-electron chi connectivity index (χ0n) is 6.60. The van der Waals surface area contributed by atoms with Crippen LogP contribution in [-0.2, 0) is 4.79 Å². The number of terminal acetylenes is 1. The lowest BCUT2D eigenvalue weighted by Gasteiger charge is -2.20. The number of rotatable bonds is 2. The molecule has 0 atom stereocenters. The molecule has 0 saturated heterocycles. The smallest absolute Gasteiger partial charge is 0.207 e. The van der Waals surface area contributed by atoms with Crippen molar-refractivity contribution in [3.63, 3.8) is 0 Å². The molecule has 1 saturated carbocycles. The second-order valence-corrected chi connectivity index (χ2v) is 3.31. The quantitative estimate of drug-likeness (QED) is 0.469. The number of hydrogen-bond acceptors (Lipinski definition) is 2. The van der Waals surface area contributed by atoms with Crippen molar-refractivity contribution in [3.05, 3.63) is 0 Å². The van der Waals surface area contributed by atoms with Gasteiger partial charge in [0.1, 0.15) is 0 Å². The minimum Gasteiger partial charge on any atom is -0.325 e. The summed E-state index contributed by atoms with van der Waals surface area (Å²) in [6, 6.07) is 0. The molecule has 1 aliphatic rings. The van der Waals surface area contributed by atoms with Crippen molar-refractivity contribution >= 4 is 5.78 Å². The Labute approximate surface area is 67.2 Å². The molecule has 0 aromatic carbocycles. The summed E-state index contributed by atoms with van der Waals surface area (Å²) in [5, 5.41) is 0. The molecule has 0 aliphatic heterocycles. The summed E-state index contributed by atoms with van der Waals surface area (Å²) in [5.41, 5.74) is 5.64. The summed E-state index contributed by atoms with van der Waals surface area (Å²) >= 11 is 0. The Morgan fingerprint density at radius 1 is 1.55 bits per heavy atom. The number of hydrogen-bond donors (Lipinski definition) is 1. The van der Waals surface area contributed by atoms with Gasteiger partial charge in [-0.15, -0.1) is 6.42 Å². The molecule has 0 unspecified atom stereocenters. The van der Waals surface area contributed by atoms with Gasteiger partial charge < -0.3 is 5.73 Å². The maximum Gasteiger partial charge on any atom is 0.207 e. The third-order valence-electron chi connectivity index (χ3n) is 2.27. The van der Waals surface area contributed by atoms with E-state index in [2.05, 4.69) is 5.92 Å². The number of carbonyl (C=O) groups is 1. The van der Waals surface area contributed by atoms with Crippen LogP contribution in [0.25, 0.3) is 0 Å². The molecule has 2 nitrogen and oxygen atoms in total. The predicted molar refractivity (Wildman–Crippen MR) is 43.8 cm³/mol. The maximum atomic E-state index is 10.9. The lowest BCUT2D eigenvalue weighted by molar-refractivity contribution is -0.114. The van der Waals surface area contributed by atoms with Crippen molar-refractivity contribution in [3.8, 4) is 12.3 Å². The largest absolute Gasteiger partial charge is 0.325 e. The van der Waals surface area contributed by atoms with Crippen molar-refractivity contribution in [2.24, 2.45) is 5.73 Å². The van der Waals surface area contributed by atoms with Gasteiger partial charge in [0, 0.05) is 12.0 Å². The molecule has 11 heavy (non-hydrogen) atoms. The van der Waals surface area contributed by atoms with Crippen LogP contribution < -0.4 is 5.73 Å². The van der Waals surface area contributed by atoms with Gasteiger partial charge in [-0.25, -0.2) is 0 Å². The highest BCUT2D eigenvalue weighted by molar-refractivity contribution is 5.95. The topological polar surface area (TPSA) is 43.1 Å². The lowest BCUT2D eigenvalue weighted by Crippen LogP contribution is -2.38. The van der Waals surface area contributed by atoms with Crippen molar-refractivity contribution in [2.45, 2.75) is 37.6 Å². The fourth-order valence-corrected chi connectivity index (χ4v) is 1.63. The van der Waals surface area contributed by atoms with E-state index < -0.39 is 0 Å². The van der Waals surface area contributed by atoms with E-state index in [4.69, 9.17) is 12.2 Å². The number of Topliss-reactive ketones (excluding diaryl/α,β-unsaturated/α-hetero) is 1. The van der Waals surface area contributed by atoms with Crippen LogP contribution >= 0.6 is 0 Å². The average Bonchev–Trinajstić information content (AvgIpc) is 2.36. The molecule has 0 amide bonds. The minimum atomic E-state index is -0.274. The highest BCUT2D eigenvalue weighted by Crippen LogP contribution is 2.29.